The molecule has 0 aliphatic heterocycles. The van der Waals surface area contributed by atoms with Crippen LogP contribution < -0.4 is 5.32 Å². The third-order valence-corrected chi connectivity index (χ3v) is 4.68. The Labute approximate surface area is 158 Å². The number of hydrogen-bond donors (Lipinski definition) is 2. The molecule has 2 aromatic carbocycles. The second kappa shape index (κ2) is 8.10. The van der Waals surface area contributed by atoms with Crippen LogP contribution in [0.25, 0.3) is 0 Å². The zero-order valence-corrected chi connectivity index (χ0v) is 15.7. The summed E-state index contributed by atoms with van der Waals surface area (Å²) in [6.07, 6.45) is 0.177. The first kappa shape index (κ1) is 18.1. The summed E-state index contributed by atoms with van der Waals surface area (Å²) in [7, 11) is 0. The van der Waals surface area contributed by atoms with Gasteiger partial charge in [0.1, 0.15) is 5.82 Å². The number of H-pyrrole nitrogens is 1. The molecule has 0 saturated heterocycles. The first-order chi connectivity index (χ1) is 12.5. The van der Waals surface area contributed by atoms with Gasteiger partial charge in [-0.2, -0.15) is 5.10 Å². The van der Waals surface area contributed by atoms with Crippen LogP contribution in [0.15, 0.2) is 54.6 Å². The summed E-state index contributed by atoms with van der Waals surface area (Å²) in [5, 5.41) is 10.1. The molecule has 0 aliphatic rings. The molecule has 0 radical (unpaired) electrons. The minimum atomic E-state index is -0.0796. The minimum absolute atomic E-state index is 0.0619. The van der Waals surface area contributed by atoms with Crippen molar-refractivity contribution in [2.45, 2.75) is 32.9 Å². The summed E-state index contributed by atoms with van der Waals surface area (Å²) in [6, 6.07) is 18.0. The number of aromatic nitrogens is 3. The molecule has 1 amide bonds. The number of nitrogens with one attached hydrogen (secondary N) is 2. The van der Waals surface area contributed by atoms with Crippen molar-refractivity contribution in [2.75, 3.05) is 0 Å². The number of aryl methyl sites for hydroxylation is 1. The third-order valence-electron chi connectivity index (χ3n) is 4.37. The zero-order chi connectivity index (χ0) is 18.5. The number of aromatic amines is 1. The number of nitrogens with zero attached hydrogens (tertiary/aromatic N) is 2. The molecule has 5 nitrogen and oxygen atoms in total. The van der Waals surface area contributed by atoms with Crippen LogP contribution in [-0.2, 0) is 17.8 Å². The van der Waals surface area contributed by atoms with Crippen LogP contribution in [0.5, 0.6) is 0 Å². The van der Waals surface area contributed by atoms with Gasteiger partial charge < -0.3 is 5.32 Å². The fraction of sp³-hybridized carbons (Fsp3) is 0.250. The van der Waals surface area contributed by atoms with Crippen LogP contribution in [0.2, 0.25) is 0 Å². The predicted molar refractivity (Wildman–Crippen MR) is 104 cm³/mol. The molecule has 1 unspecified atom stereocenters. The van der Waals surface area contributed by atoms with Crippen molar-refractivity contribution in [1.82, 2.24) is 20.1 Å². The molecule has 1 atom stereocenters. The fourth-order valence-corrected chi connectivity index (χ4v) is 3.22. The van der Waals surface area contributed by atoms with E-state index in [-0.39, 0.29) is 18.4 Å². The minimum Gasteiger partial charge on any atom is -0.349 e. The van der Waals surface area contributed by atoms with E-state index < -0.39 is 0 Å². The first-order valence-electron chi connectivity index (χ1n) is 8.57. The topological polar surface area (TPSA) is 62.7 Å². The van der Waals surface area contributed by atoms with Gasteiger partial charge in [0, 0.05) is 0 Å². The van der Waals surface area contributed by atoms with Crippen molar-refractivity contribution in [3.8, 4) is 0 Å². The quantitative estimate of drug-likeness (QED) is 0.654. The summed E-state index contributed by atoms with van der Waals surface area (Å²) < 4.78 is 2.38. The van der Waals surface area contributed by atoms with Gasteiger partial charge in [-0.15, -0.1) is 0 Å². The van der Waals surface area contributed by atoms with Gasteiger partial charge in [-0.05, 0) is 42.8 Å². The van der Waals surface area contributed by atoms with Gasteiger partial charge in [0.05, 0.1) is 19.0 Å². The molecular formula is C20H22N4OS. The standard InChI is InChI=1S/C20H22N4OS/c1-14-8-6-7-11-17(14)15(2)21-19(25)12-18-22-23-20(26)24(18)13-16-9-4-3-5-10-16/h3-11,15H,12-13H2,1-2H3,(H,21,25)(H,23,26). The lowest BCUT2D eigenvalue weighted by molar-refractivity contribution is -0.121. The van der Waals surface area contributed by atoms with E-state index >= 15 is 0 Å². The van der Waals surface area contributed by atoms with Gasteiger partial charge in [-0.25, -0.2) is 0 Å². The van der Waals surface area contributed by atoms with E-state index in [1.807, 2.05) is 73.0 Å². The predicted octanol–water partition coefficient (Wildman–Crippen LogP) is 3.72. The van der Waals surface area contributed by atoms with Crippen LogP contribution in [-0.4, -0.2) is 20.7 Å². The van der Waals surface area contributed by atoms with Crippen molar-refractivity contribution >= 4 is 18.1 Å². The molecule has 0 fully saturated rings. The van der Waals surface area contributed by atoms with E-state index in [9.17, 15) is 4.79 Å². The second-order valence-electron chi connectivity index (χ2n) is 6.34. The summed E-state index contributed by atoms with van der Waals surface area (Å²) >= 11 is 5.32. The molecular weight excluding hydrogens is 344 g/mol. The highest BCUT2D eigenvalue weighted by atomic mass is 32.1. The lowest BCUT2D eigenvalue weighted by Crippen LogP contribution is -2.29. The van der Waals surface area contributed by atoms with E-state index in [0.717, 1.165) is 16.7 Å². The number of carbonyl (C=O) groups excluding carboxylic acids is 1. The zero-order valence-electron chi connectivity index (χ0n) is 14.9. The Balaban J connectivity index is 1.70. The lowest BCUT2D eigenvalue weighted by atomic mass is 10.0. The fourth-order valence-electron chi connectivity index (χ4n) is 3.00. The van der Waals surface area contributed by atoms with E-state index in [1.165, 1.54) is 0 Å². The van der Waals surface area contributed by atoms with Crippen molar-refractivity contribution in [3.05, 3.63) is 81.9 Å². The maximum atomic E-state index is 12.5. The van der Waals surface area contributed by atoms with E-state index in [0.29, 0.717) is 17.1 Å². The Morgan fingerprint density at radius 2 is 1.88 bits per heavy atom. The molecule has 1 heterocycles. The number of hydrogen-bond acceptors (Lipinski definition) is 3. The van der Waals surface area contributed by atoms with Gasteiger partial charge in [-0.3, -0.25) is 14.5 Å². The second-order valence-corrected chi connectivity index (χ2v) is 6.73. The van der Waals surface area contributed by atoms with Crippen molar-refractivity contribution in [3.63, 3.8) is 0 Å². The van der Waals surface area contributed by atoms with Crippen LogP contribution in [0.4, 0.5) is 0 Å². The summed E-state index contributed by atoms with van der Waals surface area (Å²) in [5.74, 6) is 0.553. The van der Waals surface area contributed by atoms with Gasteiger partial charge >= 0.3 is 0 Å². The Kier molecular flexibility index (Phi) is 5.63. The van der Waals surface area contributed by atoms with Gasteiger partial charge in [0.2, 0.25) is 5.91 Å². The summed E-state index contributed by atoms with van der Waals surface area (Å²) in [5.41, 5.74) is 3.39. The van der Waals surface area contributed by atoms with Crippen molar-refractivity contribution in [2.24, 2.45) is 0 Å². The first-order valence-corrected chi connectivity index (χ1v) is 8.98. The molecule has 3 rings (SSSR count). The number of amides is 1. The molecule has 1 aromatic heterocycles. The molecule has 3 aromatic rings. The maximum absolute atomic E-state index is 12.5. The molecule has 134 valence electrons. The largest absolute Gasteiger partial charge is 0.349 e. The molecule has 26 heavy (non-hydrogen) atoms. The number of rotatable bonds is 6. The van der Waals surface area contributed by atoms with Crippen LogP contribution in [0.3, 0.4) is 0 Å². The molecule has 2 N–H and O–H groups in total. The Hall–Kier alpha value is -2.73. The summed E-state index contributed by atoms with van der Waals surface area (Å²) in [6.45, 7) is 4.62. The monoisotopic (exact) mass is 366 g/mol. The molecule has 0 spiro atoms. The molecule has 0 saturated carbocycles. The lowest BCUT2D eigenvalue weighted by Gasteiger charge is -2.16. The number of benzene rings is 2. The third kappa shape index (κ3) is 4.26. The molecule has 6 heteroatoms. The summed E-state index contributed by atoms with van der Waals surface area (Å²) in [4.78, 5) is 12.5. The number of carbonyl (C=O) groups is 1. The Morgan fingerprint density at radius 1 is 1.19 bits per heavy atom. The van der Waals surface area contributed by atoms with Crippen molar-refractivity contribution in [1.29, 1.82) is 0 Å². The van der Waals surface area contributed by atoms with Crippen molar-refractivity contribution < 1.29 is 4.79 Å². The normalized spacial score (nSPS) is 11.9. The SMILES string of the molecule is Cc1ccccc1C(C)NC(=O)Cc1n[nH]c(=S)n1Cc1ccccc1. The van der Waals surface area contributed by atoms with Crippen LogP contribution >= 0.6 is 12.2 Å². The highest BCUT2D eigenvalue weighted by Crippen LogP contribution is 2.16. The molecule has 0 aliphatic carbocycles. The van der Waals surface area contributed by atoms with E-state index in [1.54, 1.807) is 0 Å². The van der Waals surface area contributed by atoms with E-state index in [2.05, 4.69) is 15.5 Å². The van der Waals surface area contributed by atoms with Crippen LogP contribution in [0, 0.1) is 11.7 Å². The smallest absolute Gasteiger partial charge is 0.228 e. The highest BCUT2D eigenvalue weighted by Gasteiger charge is 2.15. The van der Waals surface area contributed by atoms with Gasteiger partial charge in [-0.1, -0.05) is 54.6 Å². The molecule has 0 bridgehead atoms. The average Bonchev–Trinajstić information content (AvgIpc) is 2.96. The highest BCUT2D eigenvalue weighted by molar-refractivity contribution is 7.71. The Morgan fingerprint density at radius 3 is 2.62 bits per heavy atom. The van der Waals surface area contributed by atoms with E-state index in [4.69, 9.17) is 12.2 Å². The average molecular weight is 366 g/mol. The van der Waals surface area contributed by atoms with Crippen LogP contribution in [0.1, 0.15) is 35.5 Å². The van der Waals surface area contributed by atoms with Gasteiger partial charge in [0.15, 0.2) is 4.77 Å². The van der Waals surface area contributed by atoms with Gasteiger partial charge in [0.25, 0.3) is 0 Å². The maximum Gasteiger partial charge on any atom is 0.228 e. The Bertz CT molecular complexity index is 946.